The van der Waals surface area contributed by atoms with Gasteiger partial charge in [-0.15, -0.1) is 0 Å². The number of ether oxygens (including phenoxy) is 1. The number of likely N-dealkylation sites (N-methyl/N-ethyl adjacent to an activating group) is 1. The molecule has 96 valence electrons. The molecule has 1 N–H and O–H groups in total. The number of halogens is 1. The number of aromatic nitrogens is 2. The first-order valence-electron chi connectivity index (χ1n) is 6.11. The molecule has 2 heterocycles. The van der Waals surface area contributed by atoms with E-state index in [1.54, 1.807) is 0 Å². The molecule has 0 bridgehead atoms. The third-order valence-electron chi connectivity index (χ3n) is 3.30. The molecule has 0 aromatic carbocycles. The van der Waals surface area contributed by atoms with Crippen molar-refractivity contribution < 1.29 is 4.74 Å². The van der Waals surface area contributed by atoms with E-state index in [9.17, 15) is 0 Å². The van der Waals surface area contributed by atoms with Gasteiger partial charge in [-0.3, -0.25) is 4.68 Å². The smallest absolute Gasteiger partial charge is 0.0776 e. The zero-order valence-corrected chi connectivity index (χ0v) is 12.2. The van der Waals surface area contributed by atoms with Crippen LogP contribution in [0.1, 0.15) is 24.2 Å². The summed E-state index contributed by atoms with van der Waals surface area (Å²) < 4.78 is 9.13. The van der Waals surface area contributed by atoms with Gasteiger partial charge in [0.2, 0.25) is 0 Å². The van der Waals surface area contributed by atoms with Crippen LogP contribution in [0.4, 0.5) is 0 Å². The highest BCUT2D eigenvalue weighted by Crippen LogP contribution is 2.24. The van der Waals surface area contributed by atoms with Crippen LogP contribution in [0.5, 0.6) is 0 Å². The number of rotatable bonds is 4. The Bertz CT molecular complexity index is 391. The average molecular weight is 302 g/mol. The molecular weight excluding hydrogens is 282 g/mol. The van der Waals surface area contributed by atoms with Crippen molar-refractivity contribution in [2.45, 2.75) is 45.4 Å². The van der Waals surface area contributed by atoms with Gasteiger partial charge in [-0.1, -0.05) is 0 Å². The van der Waals surface area contributed by atoms with Gasteiger partial charge >= 0.3 is 0 Å². The highest BCUT2D eigenvalue weighted by atomic mass is 79.9. The third kappa shape index (κ3) is 2.89. The van der Waals surface area contributed by atoms with Crippen LogP contribution < -0.4 is 5.32 Å². The third-order valence-corrected chi connectivity index (χ3v) is 4.44. The zero-order valence-electron chi connectivity index (χ0n) is 10.7. The minimum Gasteiger partial charge on any atom is -0.372 e. The molecule has 0 amide bonds. The maximum atomic E-state index is 5.97. The van der Waals surface area contributed by atoms with Gasteiger partial charge in [-0.25, -0.2) is 0 Å². The lowest BCUT2D eigenvalue weighted by Crippen LogP contribution is -2.25. The van der Waals surface area contributed by atoms with Crippen LogP contribution in [0, 0.1) is 13.8 Å². The molecule has 2 unspecified atom stereocenters. The van der Waals surface area contributed by atoms with E-state index in [0.717, 1.165) is 36.1 Å². The second-order valence-corrected chi connectivity index (χ2v) is 5.48. The number of hydrogen-bond donors (Lipinski definition) is 1. The second kappa shape index (κ2) is 5.50. The SMILES string of the molecule is CNCC1CCC(Cn2nc(C)c(Br)c2C)O1. The highest BCUT2D eigenvalue weighted by Gasteiger charge is 2.25. The number of hydrogen-bond acceptors (Lipinski definition) is 3. The van der Waals surface area contributed by atoms with Crippen molar-refractivity contribution in [3.8, 4) is 0 Å². The average Bonchev–Trinajstić information content (AvgIpc) is 2.82. The largest absolute Gasteiger partial charge is 0.372 e. The Morgan fingerprint density at radius 3 is 2.71 bits per heavy atom. The predicted octanol–water partition coefficient (Wildman–Crippen LogP) is 2.03. The summed E-state index contributed by atoms with van der Waals surface area (Å²) in [7, 11) is 1.97. The van der Waals surface area contributed by atoms with Gasteiger partial charge in [0.25, 0.3) is 0 Å². The Hall–Kier alpha value is -0.390. The topological polar surface area (TPSA) is 39.1 Å². The molecule has 4 nitrogen and oxygen atoms in total. The molecule has 1 fully saturated rings. The maximum absolute atomic E-state index is 5.97. The second-order valence-electron chi connectivity index (χ2n) is 4.68. The fraction of sp³-hybridized carbons (Fsp3) is 0.750. The standard InChI is InChI=1S/C12H20BrN3O/c1-8-12(13)9(2)16(15-8)7-11-5-4-10(17-11)6-14-3/h10-11,14H,4-7H2,1-3H3. The van der Waals surface area contributed by atoms with Crippen molar-refractivity contribution in [3.63, 3.8) is 0 Å². The maximum Gasteiger partial charge on any atom is 0.0776 e. The van der Waals surface area contributed by atoms with Crippen molar-refractivity contribution >= 4 is 15.9 Å². The summed E-state index contributed by atoms with van der Waals surface area (Å²) in [5.41, 5.74) is 2.23. The molecule has 1 aromatic heterocycles. The van der Waals surface area contributed by atoms with Gasteiger partial charge in [0.05, 0.1) is 28.9 Å². The van der Waals surface area contributed by atoms with Gasteiger partial charge in [0, 0.05) is 12.2 Å². The fourth-order valence-electron chi connectivity index (χ4n) is 2.34. The molecule has 5 heteroatoms. The first kappa shape index (κ1) is 13.1. The molecule has 0 radical (unpaired) electrons. The molecule has 0 saturated carbocycles. The van der Waals surface area contributed by atoms with Gasteiger partial charge in [-0.05, 0) is 49.7 Å². The normalized spacial score (nSPS) is 24.5. The van der Waals surface area contributed by atoms with E-state index in [2.05, 4.69) is 33.3 Å². The molecule has 1 aromatic rings. The molecule has 1 aliphatic heterocycles. The van der Waals surface area contributed by atoms with Crippen molar-refractivity contribution in [1.82, 2.24) is 15.1 Å². The molecule has 1 aliphatic rings. The molecule has 17 heavy (non-hydrogen) atoms. The summed E-state index contributed by atoms with van der Waals surface area (Å²) in [5, 5.41) is 7.68. The lowest BCUT2D eigenvalue weighted by Gasteiger charge is -2.14. The minimum absolute atomic E-state index is 0.304. The molecule has 0 aliphatic carbocycles. The van der Waals surface area contributed by atoms with Crippen LogP contribution in [0.3, 0.4) is 0 Å². The molecular formula is C12H20BrN3O. The number of nitrogens with zero attached hydrogens (tertiary/aromatic N) is 2. The summed E-state index contributed by atoms with van der Waals surface area (Å²) in [4.78, 5) is 0. The van der Waals surface area contributed by atoms with Crippen molar-refractivity contribution in [3.05, 3.63) is 15.9 Å². The Morgan fingerprint density at radius 1 is 1.41 bits per heavy atom. The van der Waals surface area contributed by atoms with Crippen LogP contribution in [-0.2, 0) is 11.3 Å². The zero-order chi connectivity index (χ0) is 12.4. The van der Waals surface area contributed by atoms with E-state index < -0.39 is 0 Å². The lowest BCUT2D eigenvalue weighted by atomic mass is 10.2. The Kier molecular flexibility index (Phi) is 4.22. The Balaban J connectivity index is 1.96. The fourth-order valence-corrected chi connectivity index (χ4v) is 2.62. The van der Waals surface area contributed by atoms with E-state index in [0.29, 0.717) is 12.2 Å². The van der Waals surface area contributed by atoms with Crippen LogP contribution >= 0.6 is 15.9 Å². The van der Waals surface area contributed by atoms with Crippen LogP contribution in [0.15, 0.2) is 4.47 Å². The van der Waals surface area contributed by atoms with E-state index in [4.69, 9.17) is 4.74 Å². The lowest BCUT2D eigenvalue weighted by molar-refractivity contribution is 0.0348. The van der Waals surface area contributed by atoms with Crippen molar-refractivity contribution in [2.24, 2.45) is 0 Å². The number of aryl methyl sites for hydroxylation is 1. The Morgan fingerprint density at radius 2 is 2.12 bits per heavy atom. The van der Waals surface area contributed by atoms with Crippen molar-refractivity contribution in [1.29, 1.82) is 0 Å². The highest BCUT2D eigenvalue weighted by molar-refractivity contribution is 9.10. The summed E-state index contributed by atoms with van der Waals surface area (Å²) in [6.45, 7) is 5.91. The van der Waals surface area contributed by atoms with Crippen LogP contribution in [-0.4, -0.2) is 35.6 Å². The Labute approximate surface area is 111 Å². The molecule has 2 rings (SSSR count). The van der Waals surface area contributed by atoms with Gasteiger partial charge in [0.15, 0.2) is 0 Å². The van der Waals surface area contributed by atoms with Gasteiger partial charge < -0.3 is 10.1 Å². The summed E-state index contributed by atoms with van der Waals surface area (Å²) >= 11 is 3.55. The van der Waals surface area contributed by atoms with E-state index in [1.807, 2.05) is 18.7 Å². The molecule has 0 spiro atoms. The first-order chi connectivity index (χ1) is 8.11. The predicted molar refractivity (Wildman–Crippen MR) is 71.2 cm³/mol. The quantitative estimate of drug-likeness (QED) is 0.925. The van der Waals surface area contributed by atoms with E-state index >= 15 is 0 Å². The van der Waals surface area contributed by atoms with Gasteiger partial charge in [-0.2, -0.15) is 5.10 Å². The monoisotopic (exact) mass is 301 g/mol. The number of nitrogens with one attached hydrogen (secondary N) is 1. The van der Waals surface area contributed by atoms with E-state index in [-0.39, 0.29) is 0 Å². The molecule has 2 atom stereocenters. The molecule has 1 saturated heterocycles. The van der Waals surface area contributed by atoms with E-state index in [1.165, 1.54) is 5.69 Å². The van der Waals surface area contributed by atoms with Crippen LogP contribution in [0.25, 0.3) is 0 Å². The first-order valence-corrected chi connectivity index (χ1v) is 6.90. The van der Waals surface area contributed by atoms with Gasteiger partial charge in [0.1, 0.15) is 0 Å². The summed E-state index contributed by atoms with van der Waals surface area (Å²) in [6, 6.07) is 0. The van der Waals surface area contributed by atoms with Crippen LogP contribution in [0.2, 0.25) is 0 Å². The summed E-state index contributed by atoms with van der Waals surface area (Å²) in [5.74, 6) is 0. The van der Waals surface area contributed by atoms with Crippen molar-refractivity contribution in [2.75, 3.05) is 13.6 Å². The summed E-state index contributed by atoms with van der Waals surface area (Å²) in [6.07, 6.45) is 2.94. The minimum atomic E-state index is 0.304.